The van der Waals surface area contributed by atoms with Gasteiger partial charge in [-0.1, -0.05) is 42.3 Å². The SMILES string of the molecule is CCN1CCCN(c2ccc(-c3cc(Cl)c4cn(C(C(=O)Nc5nccs5)c5ncn6c5C[C@@H](F)C6)nc4c3Cl)cc2)CC1. The fourth-order valence-corrected chi connectivity index (χ4v) is 7.29. The molecule has 1 amide bonds. The lowest BCUT2D eigenvalue weighted by Gasteiger charge is -2.23. The first-order chi connectivity index (χ1) is 21.4. The van der Waals surface area contributed by atoms with Crippen LogP contribution < -0.4 is 10.2 Å². The van der Waals surface area contributed by atoms with Crippen LogP contribution in [0.3, 0.4) is 0 Å². The number of fused-ring (bicyclic) bond motifs is 2. The Morgan fingerprint density at radius 1 is 1.16 bits per heavy atom. The van der Waals surface area contributed by atoms with E-state index in [9.17, 15) is 9.18 Å². The second kappa shape index (κ2) is 12.1. The maximum Gasteiger partial charge on any atom is 0.257 e. The molecule has 2 aliphatic rings. The van der Waals surface area contributed by atoms with Gasteiger partial charge in [0.15, 0.2) is 11.2 Å². The van der Waals surface area contributed by atoms with Crippen molar-refractivity contribution >= 4 is 62.2 Å². The molecule has 5 aromatic rings. The molecule has 2 aromatic carbocycles. The van der Waals surface area contributed by atoms with Crippen LogP contribution in [0, 0.1) is 0 Å². The molecule has 1 saturated heterocycles. The molecule has 9 nitrogen and oxygen atoms in total. The first-order valence-electron chi connectivity index (χ1n) is 14.7. The molecule has 1 N–H and O–H groups in total. The number of imidazole rings is 1. The number of benzene rings is 2. The van der Waals surface area contributed by atoms with E-state index in [2.05, 4.69) is 56.3 Å². The Hall–Kier alpha value is -3.51. The van der Waals surface area contributed by atoms with Gasteiger partial charge in [0.05, 0.1) is 28.6 Å². The lowest BCUT2D eigenvalue weighted by Crippen LogP contribution is -2.30. The van der Waals surface area contributed by atoms with Crippen molar-refractivity contribution in [2.24, 2.45) is 0 Å². The van der Waals surface area contributed by atoms with E-state index in [1.165, 1.54) is 21.7 Å². The van der Waals surface area contributed by atoms with Crippen molar-refractivity contribution in [2.45, 2.75) is 38.5 Å². The Morgan fingerprint density at radius 3 is 2.77 bits per heavy atom. The quantitative estimate of drug-likeness (QED) is 0.222. The van der Waals surface area contributed by atoms with E-state index in [4.69, 9.17) is 28.3 Å². The first-order valence-corrected chi connectivity index (χ1v) is 16.4. The van der Waals surface area contributed by atoms with Gasteiger partial charge in [-0.15, -0.1) is 11.3 Å². The van der Waals surface area contributed by atoms with Crippen LogP contribution in [0.1, 0.15) is 30.8 Å². The van der Waals surface area contributed by atoms with Crippen LogP contribution in [0.2, 0.25) is 10.0 Å². The molecule has 0 bridgehead atoms. The summed E-state index contributed by atoms with van der Waals surface area (Å²) in [4.78, 5) is 27.3. The molecule has 228 valence electrons. The maximum atomic E-state index is 14.3. The monoisotopic (exact) mass is 652 g/mol. The number of carbonyl (C=O) groups excluding carboxylic acids is 1. The van der Waals surface area contributed by atoms with E-state index in [1.54, 1.807) is 28.7 Å². The molecule has 0 aliphatic carbocycles. The van der Waals surface area contributed by atoms with Crippen LogP contribution in [0.5, 0.6) is 0 Å². The summed E-state index contributed by atoms with van der Waals surface area (Å²) in [6.45, 7) is 7.68. The lowest BCUT2D eigenvalue weighted by atomic mass is 10.0. The van der Waals surface area contributed by atoms with Crippen molar-refractivity contribution < 1.29 is 9.18 Å². The fraction of sp³-hybridized carbons (Fsp3) is 0.355. The van der Waals surface area contributed by atoms with Crippen molar-refractivity contribution in [1.29, 1.82) is 0 Å². The number of likely N-dealkylation sites (N-methyl/N-ethyl adjacent to an activating group) is 1. The zero-order valence-electron chi connectivity index (χ0n) is 24.1. The number of amides is 1. The number of halogens is 3. The Morgan fingerprint density at radius 2 is 2.00 bits per heavy atom. The summed E-state index contributed by atoms with van der Waals surface area (Å²) in [5.74, 6) is -0.393. The molecule has 44 heavy (non-hydrogen) atoms. The number of thiazole rings is 1. The predicted molar refractivity (Wildman–Crippen MR) is 174 cm³/mol. The summed E-state index contributed by atoms with van der Waals surface area (Å²) in [7, 11) is 0. The van der Waals surface area contributed by atoms with Crippen LogP contribution in [0.15, 0.2) is 54.4 Å². The van der Waals surface area contributed by atoms with Crippen molar-refractivity contribution in [1.82, 2.24) is 29.2 Å². The molecule has 7 rings (SSSR count). The summed E-state index contributed by atoms with van der Waals surface area (Å²) in [5.41, 5.74) is 4.42. The standard InChI is InChI=1S/C31H31Cl2FN8OS/c1-2-39-9-3-10-40(12-11-39)21-6-4-19(5-7-21)22-15-24(32)23-17-42(38-27(23)26(22)33)29(30(43)37-31-35-8-13-44-31)28-25-14-20(34)16-41(25)18-36-28/h4-8,13,15,17-18,20,29H,2-3,9-12,14,16H2,1H3,(H,35,37,43)/t20-,29?/m1/s1. The number of nitrogens with one attached hydrogen (secondary N) is 1. The number of rotatable bonds is 7. The minimum Gasteiger partial charge on any atom is -0.370 e. The van der Waals surface area contributed by atoms with Crippen LogP contribution in [-0.4, -0.2) is 74.0 Å². The third-order valence-electron chi connectivity index (χ3n) is 8.51. The number of carbonyl (C=O) groups is 1. The molecular weight excluding hydrogens is 622 g/mol. The second-order valence-corrected chi connectivity index (χ2v) is 12.9. The van der Waals surface area contributed by atoms with Gasteiger partial charge in [0.2, 0.25) is 0 Å². The van der Waals surface area contributed by atoms with E-state index in [0.717, 1.165) is 50.3 Å². The molecule has 2 aliphatic heterocycles. The van der Waals surface area contributed by atoms with Gasteiger partial charge in [0, 0.05) is 66.2 Å². The maximum absolute atomic E-state index is 14.3. The molecule has 1 fully saturated rings. The number of nitrogens with zero attached hydrogens (tertiary/aromatic N) is 7. The topological polar surface area (TPSA) is 84.1 Å². The highest BCUT2D eigenvalue weighted by Gasteiger charge is 2.34. The van der Waals surface area contributed by atoms with Crippen molar-refractivity contribution in [3.05, 3.63) is 75.9 Å². The normalized spacial score (nSPS) is 18.0. The van der Waals surface area contributed by atoms with Gasteiger partial charge in [-0.25, -0.2) is 14.4 Å². The van der Waals surface area contributed by atoms with E-state index < -0.39 is 18.1 Å². The average molecular weight is 654 g/mol. The van der Waals surface area contributed by atoms with Gasteiger partial charge >= 0.3 is 0 Å². The van der Waals surface area contributed by atoms with Gasteiger partial charge in [0.1, 0.15) is 11.7 Å². The van der Waals surface area contributed by atoms with E-state index in [0.29, 0.717) is 37.5 Å². The third kappa shape index (κ3) is 5.47. The van der Waals surface area contributed by atoms with Crippen LogP contribution in [-0.2, 0) is 17.8 Å². The first kappa shape index (κ1) is 29.2. The minimum absolute atomic E-state index is 0.174. The predicted octanol–water partition coefficient (Wildman–Crippen LogP) is 6.32. The van der Waals surface area contributed by atoms with Gasteiger partial charge in [-0.3, -0.25) is 14.8 Å². The smallest absolute Gasteiger partial charge is 0.257 e. The molecule has 5 heterocycles. The second-order valence-electron chi connectivity index (χ2n) is 11.2. The Kier molecular flexibility index (Phi) is 8.04. The third-order valence-corrected chi connectivity index (χ3v) is 9.89. The molecule has 0 spiro atoms. The fourth-order valence-electron chi connectivity index (χ4n) is 6.21. The molecule has 3 aromatic heterocycles. The molecular formula is C31H31Cl2FN8OS. The number of hydrogen-bond donors (Lipinski definition) is 1. The van der Waals surface area contributed by atoms with Gasteiger partial charge in [-0.05, 0) is 43.3 Å². The Bertz CT molecular complexity index is 1810. The van der Waals surface area contributed by atoms with E-state index >= 15 is 0 Å². The number of alkyl halides is 1. The van der Waals surface area contributed by atoms with Crippen molar-refractivity contribution in [2.75, 3.05) is 42.9 Å². The van der Waals surface area contributed by atoms with E-state index in [-0.39, 0.29) is 13.0 Å². The Labute approximate surface area is 268 Å². The minimum atomic E-state index is -1.03. The lowest BCUT2D eigenvalue weighted by molar-refractivity contribution is -0.118. The van der Waals surface area contributed by atoms with Crippen LogP contribution in [0.4, 0.5) is 15.2 Å². The van der Waals surface area contributed by atoms with Crippen LogP contribution >= 0.6 is 34.5 Å². The van der Waals surface area contributed by atoms with Gasteiger partial charge < -0.3 is 14.4 Å². The number of anilines is 2. The molecule has 1 unspecified atom stereocenters. The van der Waals surface area contributed by atoms with E-state index in [1.807, 2.05) is 6.07 Å². The summed E-state index contributed by atoms with van der Waals surface area (Å²) in [6, 6.07) is 9.22. The molecule has 0 saturated carbocycles. The van der Waals surface area contributed by atoms with Crippen molar-refractivity contribution in [3.63, 3.8) is 0 Å². The van der Waals surface area contributed by atoms with Gasteiger partial charge in [0.25, 0.3) is 5.91 Å². The highest BCUT2D eigenvalue weighted by atomic mass is 35.5. The molecule has 2 atom stereocenters. The number of hydrogen-bond acceptors (Lipinski definition) is 7. The average Bonchev–Trinajstić information content (AvgIpc) is 3.80. The Balaban J connectivity index is 1.24. The summed E-state index contributed by atoms with van der Waals surface area (Å²) < 4.78 is 17.6. The summed E-state index contributed by atoms with van der Waals surface area (Å²) >= 11 is 15.1. The largest absolute Gasteiger partial charge is 0.370 e. The summed E-state index contributed by atoms with van der Waals surface area (Å²) in [6.07, 6.45) is 5.16. The zero-order chi connectivity index (χ0) is 30.4. The molecule has 13 heteroatoms. The highest BCUT2D eigenvalue weighted by Crippen LogP contribution is 2.40. The number of aromatic nitrogens is 5. The van der Waals surface area contributed by atoms with Gasteiger partial charge in [-0.2, -0.15) is 5.10 Å². The van der Waals surface area contributed by atoms with Crippen LogP contribution in [0.25, 0.3) is 22.0 Å². The van der Waals surface area contributed by atoms with Crippen molar-refractivity contribution in [3.8, 4) is 11.1 Å². The zero-order valence-corrected chi connectivity index (χ0v) is 26.4. The molecule has 0 radical (unpaired) electrons. The highest BCUT2D eigenvalue weighted by molar-refractivity contribution is 7.13. The summed E-state index contributed by atoms with van der Waals surface area (Å²) in [5, 5.41) is 11.4.